The molecule has 0 bridgehead atoms. The summed E-state index contributed by atoms with van der Waals surface area (Å²) in [6.45, 7) is 3.27. The van der Waals surface area contributed by atoms with E-state index < -0.39 is 0 Å². The summed E-state index contributed by atoms with van der Waals surface area (Å²) in [6, 6.07) is 18.7. The Bertz CT molecular complexity index is 512. The quantitative estimate of drug-likeness (QED) is 0.735. The molecule has 0 saturated heterocycles. The first-order chi connectivity index (χ1) is 9.69. The van der Waals surface area contributed by atoms with Crippen molar-refractivity contribution < 1.29 is 4.74 Å². The third kappa shape index (κ3) is 4.20. The second-order valence-electron chi connectivity index (χ2n) is 4.82. The van der Waals surface area contributed by atoms with Crippen molar-refractivity contribution in [3.05, 3.63) is 54.6 Å². The summed E-state index contributed by atoms with van der Waals surface area (Å²) in [6.07, 6.45) is 0. The van der Waals surface area contributed by atoms with Crippen LogP contribution in [0.3, 0.4) is 0 Å². The van der Waals surface area contributed by atoms with Crippen LogP contribution in [0.15, 0.2) is 59.5 Å². The number of hydrogen-bond donors (Lipinski definition) is 0. The fourth-order valence-corrected chi connectivity index (χ4v) is 3.17. The van der Waals surface area contributed by atoms with Crippen molar-refractivity contribution in [3.63, 3.8) is 0 Å². The number of anilines is 1. The fourth-order valence-electron chi connectivity index (χ4n) is 2.10. The van der Waals surface area contributed by atoms with E-state index in [4.69, 9.17) is 4.74 Å². The molecule has 0 radical (unpaired) electrons. The first kappa shape index (κ1) is 14.8. The number of thioether (sulfide) groups is 1. The van der Waals surface area contributed by atoms with Crippen LogP contribution in [0, 0.1) is 0 Å². The molecule has 20 heavy (non-hydrogen) atoms. The van der Waals surface area contributed by atoms with E-state index in [-0.39, 0.29) is 0 Å². The molecule has 0 heterocycles. The lowest BCUT2D eigenvalue weighted by atomic mass is 10.2. The summed E-state index contributed by atoms with van der Waals surface area (Å²) < 4.78 is 5.19. The molecule has 1 unspecified atom stereocenters. The maximum absolute atomic E-state index is 5.19. The van der Waals surface area contributed by atoms with Crippen molar-refractivity contribution in [1.82, 2.24) is 0 Å². The lowest BCUT2D eigenvalue weighted by Gasteiger charge is -2.23. The summed E-state index contributed by atoms with van der Waals surface area (Å²) in [4.78, 5) is 3.60. The summed E-state index contributed by atoms with van der Waals surface area (Å²) in [7, 11) is 3.82. The number of nitrogens with zero attached hydrogens (tertiary/aromatic N) is 1. The van der Waals surface area contributed by atoms with Crippen LogP contribution in [0.4, 0.5) is 5.69 Å². The van der Waals surface area contributed by atoms with Gasteiger partial charge in [0.05, 0.1) is 7.11 Å². The Balaban J connectivity index is 1.91. The van der Waals surface area contributed by atoms with Crippen LogP contribution < -0.4 is 9.64 Å². The van der Waals surface area contributed by atoms with E-state index in [1.165, 1.54) is 10.6 Å². The molecule has 106 valence electrons. The summed E-state index contributed by atoms with van der Waals surface area (Å²) in [5.74, 6) is 0.897. The largest absolute Gasteiger partial charge is 0.497 e. The van der Waals surface area contributed by atoms with Crippen molar-refractivity contribution in [1.29, 1.82) is 0 Å². The minimum Gasteiger partial charge on any atom is -0.497 e. The van der Waals surface area contributed by atoms with E-state index in [9.17, 15) is 0 Å². The molecule has 0 aliphatic rings. The molecule has 0 amide bonds. The minimum absolute atomic E-state index is 0.532. The Hall–Kier alpha value is -1.61. The molecule has 3 heteroatoms. The number of benzene rings is 2. The Morgan fingerprint density at radius 3 is 2.30 bits per heavy atom. The first-order valence-electron chi connectivity index (χ1n) is 6.76. The molecule has 2 aromatic carbocycles. The van der Waals surface area contributed by atoms with Gasteiger partial charge in [0.15, 0.2) is 0 Å². The van der Waals surface area contributed by atoms with Gasteiger partial charge >= 0.3 is 0 Å². The average Bonchev–Trinajstić information content (AvgIpc) is 2.48. The number of methoxy groups -OCH3 is 1. The zero-order chi connectivity index (χ0) is 14.4. The van der Waals surface area contributed by atoms with Gasteiger partial charge in [-0.2, -0.15) is 0 Å². The molecule has 0 fully saturated rings. The van der Waals surface area contributed by atoms with Crippen LogP contribution in [0.2, 0.25) is 0 Å². The predicted octanol–water partition coefficient (Wildman–Crippen LogP) is 4.31. The number of ether oxygens (including phenoxy) is 1. The monoisotopic (exact) mass is 287 g/mol. The zero-order valence-electron chi connectivity index (χ0n) is 12.2. The van der Waals surface area contributed by atoms with Crippen molar-refractivity contribution in [2.24, 2.45) is 0 Å². The highest BCUT2D eigenvalue weighted by Gasteiger charge is 2.09. The molecule has 0 aliphatic carbocycles. The molecule has 2 rings (SSSR count). The van der Waals surface area contributed by atoms with Crippen molar-refractivity contribution >= 4 is 17.4 Å². The smallest absolute Gasteiger partial charge is 0.119 e. The summed E-state index contributed by atoms with van der Waals surface area (Å²) in [5, 5.41) is 0.532. The van der Waals surface area contributed by atoms with Gasteiger partial charge in [-0.15, -0.1) is 11.8 Å². The van der Waals surface area contributed by atoms with Crippen molar-refractivity contribution in [3.8, 4) is 5.75 Å². The Kier molecular flexibility index (Phi) is 5.36. The van der Waals surface area contributed by atoms with E-state index >= 15 is 0 Å². The highest BCUT2D eigenvalue weighted by molar-refractivity contribution is 8.00. The minimum atomic E-state index is 0.532. The van der Waals surface area contributed by atoms with Crippen molar-refractivity contribution in [2.75, 3.05) is 25.6 Å². The van der Waals surface area contributed by atoms with Gasteiger partial charge in [-0.05, 0) is 36.4 Å². The molecule has 0 N–H and O–H groups in total. The Morgan fingerprint density at radius 2 is 1.70 bits per heavy atom. The molecule has 2 aromatic rings. The van der Waals surface area contributed by atoms with Gasteiger partial charge in [0.2, 0.25) is 0 Å². The average molecular weight is 287 g/mol. The molecule has 1 atom stereocenters. The third-order valence-corrected chi connectivity index (χ3v) is 4.22. The lowest BCUT2D eigenvalue weighted by Crippen LogP contribution is -2.25. The fraction of sp³-hybridized carbons (Fsp3) is 0.294. The third-order valence-electron chi connectivity index (χ3n) is 3.12. The molecular formula is C17H21NOS. The van der Waals surface area contributed by atoms with Gasteiger partial charge in [-0.1, -0.05) is 25.1 Å². The van der Waals surface area contributed by atoms with Crippen LogP contribution in [-0.2, 0) is 0 Å². The SMILES string of the molecule is COc1ccc(N(C)CC(C)Sc2ccccc2)cc1. The normalized spacial score (nSPS) is 11.9. The number of rotatable bonds is 6. The molecule has 0 aliphatic heterocycles. The zero-order valence-corrected chi connectivity index (χ0v) is 13.1. The van der Waals surface area contributed by atoms with Gasteiger partial charge in [-0.3, -0.25) is 0 Å². The van der Waals surface area contributed by atoms with Crippen LogP contribution >= 0.6 is 11.8 Å². The highest BCUT2D eigenvalue weighted by Crippen LogP contribution is 2.25. The predicted molar refractivity (Wildman–Crippen MR) is 88.0 cm³/mol. The van der Waals surface area contributed by atoms with E-state index in [1.807, 2.05) is 23.9 Å². The topological polar surface area (TPSA) is 12.5 Å². The maximum Gasteiger partial charge on any atom is 0.119 e. The molecular weight excluding hydrogens is 266 g/mol. The van der Waals surface area contributed by atoms with Gasteiger partial charge in [-0.25, -0.2) is 0 Å². The standard InChI is InChI=1S/C17H21NOS/c1-14(20-17-7-5-4-6-8-17)13-18(2)15-9-11-16(19-3)12-10-15/h4-12,14H,13H2,1-3H3. The molecule has 2 nitrogen and oxygen atoms in total. The van der Waals surface area contributed by atoms with Crippen LogP contribution in [0.5, 0.6) is 5.75 Å². The van der Waals surface area contributed by atoms with E-state index in [0.717, 1.165) is 12.3 Å². The van der Waals surface area contributed by atoms with Crippen LogP contribution in [0.1, 0.15) is 6.92 Å². The molecule has 0 spiro atoms. The summed E-state index contributed by atoms with van der Waals surface area (Å²) >= 11 is 1.91. The Morgan fingerprint density at radius 1 is 1.05 bits per heavy atom. The maximum atomic E-state index is 5.19. The van der Waals surface area contributed by atoms with Crippen molar-refractivity contribution in [2.45, 2.75) is 17.1 Å². The molecule has 0 saturated carbocycles. The first-order valence-corrected chi connectivity index (χ1v) is 7.64. The lowest BCUT2D eigenvalue weighted by molar-refractivity contribution is 0.415. The second-order valence-corrected chi connectivity index (χ2v) is 6.33. The van der Waals surface area contributed by atoms with Gasteiger partial charge < -0.3 is 9.64 Å². The van der Waals surface area contributed by atoms with E-state index in [1.54, 1.807) is 7.11 Å². The van der Waals surface area contributed by atoms with E-state index in [2.05, 4.69) is 61.3 Å². The van der Waals surface area contributed by atoms with Gasteiger partial charge in [0.1, 0.15) is 5.75 Å². The van der Waals surface area contributed by atoms with Gasteiger partial charge in [0, 0.05) is 29.4 Å². The second kappa shape index (κ2) is 7.25. The number of hydrogen-bond acceptors (Lipinski definition) is 3. The summed E-state index contributed by atoms with van der Waals surface area (Å²) in [5.41, 5.74) is 1.21. The van der Waals surface area contributed by atoms with E-state index in [0.29, 0.717) is 5.25 Å². The van der Waals surface area contributed by atoms with Gasteiger partial charge in [0.25, 0.3) is 0 Å². The van der Waals surface area contributed by atoms with Crippen LogP contribution in [-0.4, -0.2) is 26.0 Å². The van der Waals surface area contributed by atoms with Crippen LogP contribution in [0.25, 0.3) is 0 Å². The molecule has 0 aromatic heterocycles. The Labute approximate surface area is 125 Å². The highest BCUT2D eigenvalue weighted by atomic mass is 32.2.